The number of nitrogens with zero attached hydrogens (tertiary/aromatic N) is 5. The minimum absolute atomic E-state index is 0.0306. The molecule has 152 valence electrons. The summed E-state index contributed by atoms with van der Waals surface area (Å²) >= 11 is 5.92. The Morgan fingerprint density at radius 2 is 1.57 bits per heavy atom. The summed E-state index contributed by atoms with van der Waals surface area (Å²) in [5.74, 6) is 0.629. The molecule has 1 aliphatic heterocycles. The van der Waals surface area contributed by atoms with Crippen molar-refractivity contribution in [2.24, 2.45) is 0 Å². The molecule has 0 unspecified atom stereocenters. The molecule has 0 aliphatic carbocycles. The number of anilines is 1. The first-order valence-corrected chi connectivity index (χ1v) is 9.77. The predicted octanol–water partition coefficient (Wildman–Crippen LogP) is 3.67. The summed E-state index contributed by atoms with van der Waals surface area (Å²) < 4.78 is 0. The van der Waals surface area contributed by atoms with Crippen molar-refractivity contribution in [3.05, 3.63) is 81.4 Å². The van der Waals surface area contributed by atoms with Crippen LogP contribution >= 0.6 is 11.6 Å². The van der Waals surface area contributed by atoms with Gasteiger partial charge in [-0.15, -0.1) is 10.2 Å². The summed E-state index contributed by atoms with van der Waals surface area (Å²) in [6, 6.07) is 16.9. The Balaban J connectivity index is 1.37. The molecule has 9 heteroatoms. The van der Waals surface area contributed by atoms with E-state index in [1.165, 1.54) is 24.3 Å². The van der Waals surface area contributed by atoms with Gasteiger partial charge in [0.1, 0.15) is 0 Å². The van der Waals surface area contributed by atoms with E-state index in [2.05, 4.69) is 15.1 Å². The lowest BCUT2D eigenvalue weighted by Gasteiger charge is -2.35. The van der Waals surface area contributed by atoms with Crippen molar-refractivity contribution in [2.75, 3.05) is 31.1 Å². The van der Waals surface area contributed by atoms with Crippen LogP contribution in [0.4, 0.5) is 11.5 Å². The van der Waals surface area contributed by atoms with Gasteiger partial charge in [-0.25, -0.2) is 0 Å². The van der Waals surface area contributed by atoms with E-state index >= 15 is 0 Å². The van der Waals surface area contributed by atoms with Crippen LogP contribution in [0, 0.1) is 10.1 Å². The first kappa shape index (κ1) is 19.8. The molecule has 1 aromatic heterocycles. The van der Waals surface area contributed by atoms with Gasteiger partial charge in [0.05, 0.1) is 10.6 Å². The van der Waals surface area contributed by atoms with Crippen LogP contribution in [0.3, 0.4) is 0 Å². The van der Waals surface area contributed by atoms with Crippen LogP contribution in [0.15, 0.2) is 60.7 Å². The number of amides is 1. The molecule has 2 heterocycles. The van der Waals surface area contributed by atoms with Crippen molar-refractivity contribution in [1.29, 1.82) is 0 Å². The van der Waals surface area contributed by atoms with Crippen LogP contribution in [0.1, 0.15) is 10.4 Å². The van der Waals surface area contributed by atoms with Gasteiger partial charge in [0.2, 0.25) is 0 Å². The summed E-state index contributed by atoms with van der Waals surface area (Å²) in [5.41, 5.74) is 2.12. The molecular formula is C21H18ClN5O3. The minimum atomic E-state index is -0.480. The quantitative estimate of drug-likeness (QED) is 0.469. The predicted molar refractivity (Wildman–Crippen MR) is 114 cm³/mol. The van der Waals surface area contributed by atoms with Crippen LogP contribution in [0.25, 0.3) is 11.3 Å². The summed E-state index contributed by atoms with van der Waals surface area (Å²) in [6.45, 7) is 2.34. The Labute approximate surface area is 177 Å². The lowest BCUT2D eigenvalue weighted by molar-refractivity contribution is -0.384. The number of aromatic nitrogens is 2. The van der Waals surface area contributed by atoms with E-state index < -0.39 is 4.92 Å². The Hall–Kier alpha value is -3.52. The fourth-order valence-electron chi connectivity index (χ4n) is 3.32. The van der Waals surface area contributed by atoms with Crippen molar-refractivity contribution < 1.29 is 9.72 Å². The third-order valence-corrected chi connectivity index (χ3v) is 5.26. The molecule has 0 N–H and O–H groups in total. The van der Waals surface area contributed by atoms with E-state index in [9.17, 15) is 14.9 Å². The van der Waals surface area contributed by atoms with E-state index in [0.29, 0.717) is 36.8 Å². The molecule has 0 radical (unpaired) electrons. The SMILES string of the molecule is O=C(c1ccc([N+](=O)[O-])cc1)N1CCN(c2ccc(-c3ccc(Cl)cc3)nn2)CC1. The number of benzene rings is 2. The molecule has 0 bridgehead atoms. The van der Waals surface area contributed by atoms with Crippen LogP contribution in [0.5, 0.6) is 0 Å². The minimum Gasteiger partial charge on any atom is -0.352 e. The molecular weight excluding hydrogens is 406 g/mol. The molecule has 4 rings (SSSR count). The van der Waals surface area contributed by atoms with E-state index in [1.54, 1.807) is 4.90 Å². The zero-order chi connectivity index (χ0) is 21.1. The summed E-state index contributed by atoms with van der Waals surface area (Å²) in [5, 5.41) is 20.1. The average molecular weight is 424 g/mol. The largest absolute Gasteiger partial charge is 0.352 e. The maximum absolute atomic E-state index is 12.6. The summed E-state index contributed by atoms with van der Waals surface area (Å²) in [6.07, 6.45) is 0. The molecule has 1 amide bonds. The van der Waals surface area contributed by atoms with Crippen LogP contribution in [0.2, 0.25) is 5.02 Å². The first-order chi connectivity index (χ1) is 14.5. The number of non-ortho nitro benzene ring substituents is 1. The van der Waals surface area contributed by atoms with Crippen molar-refractivity contribution >= 4 is 29.0 Å². The number of piperazine rings is 1. The highest BCUT2D eigenvalue weighted by Crippen LogP contribution is 2.22. The van der Waals surface area contributed by atoms with Gasteiger partial charge in [0.15, 0.2) is 5.82 Å². The Morgan fingerprint density at radius 3 is 2.13 bits per heavy atom. The molecule has 2 aromatic carbocycles. The highest BCUT2D eigenvalue weighted by Gasteiger charge is 2.23. The number of hydrogen-bond donors (Lipinski definition) is 0. The second kappa shape index (κ2) is 8.46. The van der Waals surface area contributed by atoms with Gasteiger partial charge in [0.25, 0.3) is 11.6 Å². The number of nitro benzene ring substituents is 1. The number of carbonyl (C=O) groups excluding carboxylic acids is 1. The molecule has 1 aliphatic rings. The zero-order valence-corrected chi connectivity index (χ0v) is 16.7. The van der Waals surface area contributed by atoms with Gasteiger partial charge < -0.3 is 9.80 Å². The van der Waals surface area contributed by atoms with Crippen LogP contribution < -0.4 is 4.90 Å². The molecule has 3 aromatic rings. The second-order valence-electron chi connectivity index (χ2n) is 6.87. The van der Waals surface area contributed by atoms with Gasteiger partial charge in [-0.2, -0.15) is 0 Å². The van der Waals surface area contributed by atoms with E-state index in [4.69, 9.17) is 11.6 Å². The number of nitro groups is 1. The number of halogens is 1. The smallest absolute Gasteiger partial charge is 0.269 e. The van der Waals surface area contributed by atoms with Crippen molar-refractivity contribution in [3.63, 3.8) is 0 Å². The number of rotatable bonds is 4. The van der Waals surface area contributed by atoms with Gasteiger partial charge in [-0.05, 0) is 36.4 Å². The molecule has 1 fully saturated rings. The highest BCUT2D eigenvalue weighted by molar-refractivity contribution is 6.30. The fraction of sp³-hybridized carbons (Fsp3) is 0.190. The Morgan fingerprint density at radius 1 is 0.900 bits per heavy atom. The Kier molecular flexibility index (Phi) is 5.58. The van der Waals surface area contributed by atoms with Gasteiger partial charge in [0, 0.05) is 54.5 Å². The van der Waals surface area contributed by atoms with Gasteiger partial charge in [-0.3, -0.25) is 14.9 Å². The normalized spacial score (nSPS) is 13.9. The van der Waals surface area contributed by atoms with Gasteiger partial charge in [-0.1, -0.05) is 23.7 Å². The van der Waals surface area contributed by atoms with E-state index in [0.717, 1.165) is 17.1 Å². The van der Waals surface area contributed by atoms with Crippen LogP contribution in [-0.2, 0) is 0 Å². The Bertz CT molecular complexity index is 1050. The van der Waals surface area contributed by atoms with Crippen molar-refractivity contribution in [3.8, 4) is 11.3 Å². The van der Waals surface area contributed by atoms with Crippen molar-refractivity contribution in [1.82, 2.24) is 15.1 Å². The second-order valence-corrected chi connectivity index (χ2v) is 7.30. The standard InChI is InChI=1S/C21H18ClN5O3/c22-17-5-1-15(2-6-17)19-9-10-20(24-23-19)25-11-13-26(14-12-25)21(28)16-3-7-18(8-4-16)27(29)30/h1-10H,11-14H2. The average Bonchev–Trinajstić information content (AvgIpc) is 2.79. The summed E-state index contributed by atoms with van der Waals surface area (Å²) in [4.78, 5) is 26.8. The zero-order valence-electron chi connectivity index (χ0n) is 15.9. The topological polar surface area (TPSA) is 92.5 Å². The van der Waals surface area contributed by atoms with Crippen LogP contribution in [-0.4, -0.2) is 52.1 Å². The number of hydrogen-bond acceptors (Lipinski definition) is 6. The molecule has 0 atom stereocenters. The molecule has 30 heavy (non-hydrogen) atoms. The van der Waals surface area contributed by atoms with Crippen molar-refractivity contribution in [2.45, 2.75) is 0 Å². The van der Waals surface area contributed by atoms with Gasteiger partial charge >= 0.3 is 0 Å². The monoisotopic (exact) mass is 423 g/mol. The third kappa shape index (κ3) is 4.23. The lowest BCUT2D eigenvalue weighted by Crippen LogP contribution is -2.49. The summed E-state index contributed by atoms with van der Waals surface area (Å²) in [7, 11) is 0. The lowest BCUT2D eigenvalue weighted by atomic mass is 10.1. The van der Waals surface area contributed by atoms with E-state index in [-0.39, 0.29) is 11.6 Å². The highest BCUT2D eigenvalue weighted by atomic mass is 35.5. The maximum atomic E-state index is 12.6. The third-order valence-electron chi connectivity index (χ3n) is 5.01. The fourth-order valence-corrected chi connectivity index (χ4v) is 3.44. The molecule has 0 spiro atoms. The molecule has 8 nitrogen and oxygen atoms in total. The number of carbonyl (C=O) groups is 1. The molecule has 0 saturated carbocycles. The first-order valence-electron chi connectivity index (χ1n) is 9.39. The molecule has 1 saturated heterocycles. The maximum Gasteiger partial charge on any atom is 0.269 e. The van der Waals surface area contributed by atoms with E-state index in [1.807, 2.05) is 36.4 Å².